The highest BCUT2D eigenvalue weighted by atomic mass is 16.7. The quantitative estimate of drug-likeness (QED) is 0.701. The van der Waals surface area contributed by atoms with Crippen molar-refractivity contribution in [3.05, 3.63) is 35.4 Å². The molecule has 0 amide bonds. The van der Waals surface area contributed by atoms with Gasteiger partial charge in [0.2, 0.25) is 0 Å². The molecule has 0 atom stereocenters. The molecule has 0 aliphatic carbocycles. The molecule has 0 radical (unpaired) electrons. The lowest BCUT2D eigenvalue weighted by molar-refractivity contribution is -0.140. The minimum atomic E-state index is -0.274. The van der Waals surface area contributed by atoms with Crippen LogP contribution in [0.1, 0.15) is 51.5 Å². The molecule has 0 aliphatic heterocycles. The van der Waals surface area contributed by atoms with E-state index in [1.54, 1.807) is 0 Å². The second-order valence-corrected chi connectivity index (χ2v) is 5.80. The SMILES string of the molecule is CCOC(OCC)c1ccc(CC(C)(C)CCO)cc1. The largest absolute Gasteiger partial charge is 0.396 e. The second kappa shape index (κ2) is 8.40. The third-order valence-corrected chi connectivity index (χ3v) is 3.36. The number of hydrogen-bond acceptors (Lipinski definition) is 3. The van der Waals surface area contributed by atoms with E-state index in [4.69, 9.17) is 14.6 Å². The van der Waals surface area contributed by atoms with Gasteiger partial charge in [0.15, 0.2) is 6.29 Å². The monoisotopic (exact) mass is 280 g/mol. The highest BCUT2D eigenvalue weighted by molar-refractivity contribution is 5.24. The lowest BCUT2D eigenvalue weighted by Crippen LogP contribution is -2.17. The zero-order valence-corrected chi connectivity index (χ0v) is 13.2. The molecule has 1 rings (SSSR count). The Morgan fingerprint density at radius 1 is 1.05 bits per heavy atom. The van der Waals surface area contributed by atoms with Gasteiger partial charge < -0.3 is 14.6 Å². The molecule has 0 saturated heterocycles. The fraction of sp³-hybridized carbons (Fsp3) is 0.647. The van der Waals surface area contributed by atoms with Crippen LogP contribution < -0.4 is 0 Å². The molecule has 3 nitrogen and oxygen atoms in total. The van der Waals surface area contributed by atoms with Crippen molar-refractivity contribution in [2.75, 3.05) is 19.8 Å². The van der Waals surface area contributed by atoms with E-state index >= 15 is 0 Å². The molecule has 1 aromatic carbocycles. The van der Waals surface area contributed by atoms with Crippen LogP contribution in [0.15, 0.2) is 24.3 Å². The number of aliphatic hydroxyl groups is 1. The maximum absolute atomic E-state index is 9.08. The molecule has 0 aromatic heterocycles. The summed E-state index contributed by atoms with van der Waals surface area (Å²) in [6.07, 6.45) is 1.50. The Morgan fingerprint density at radius 2 is 1.60 bits per heavy atom. The van der Waals surface area contributed by atoms with Crippen molar-refractivity contribution in [3.8, 4) is 0 Å². The molecule has 3 heteroatoms. The summed E-state index contributed by atoms with van der Waals surface area (Å²) < 4.78 is 11.2. The number of hydrogen-bond donors (Lipinski definition) is 1. The number of ether oxygens (including phenoxy) is 2. The van der Waals surface area contributed by atoms with Crippen LogP contribution in [-0.2, 0) is 15.9 Å². The van der Waals surface area contributed by atoms with Crippen molar-refractivity contribution in [1.82, 2.24) is 0 Å². The van der Waals surface area contributed by atoms with Crippen LogP contribution in [0, 0.1) is 5.41 Å². The van der Waals surface area contributed by atoms with Crippen molar-refractivity contribution >= 4 is 0 Å². The summed E-state index contributed by atoms with van der Waals surface area (Å²) in [5.41, 5.74) is 2.45. The molecule has 1 aromatic rings. The standard InChI is InChI=1S/C17H28O3/c1-5-19-16(20-6-2)15-9-7-14(8-10-15)13-17(3,4)11-12-18/h7-10,16,18H,5-6,11-13H2,1-4H3. The summed E-state index contributed by atoms with van der Waals surface area (Å²) in [6.45, 7) is 9.81. The van der Waals surface area contributed by atoms with Crippen LogP contribution in [0.25, 0.3) is 0 Å². The van der Waals surface area contributed by atoms with Crippen molar-refractivity contribution in [3.63, 3.8) is 0 Å². The summed E-state index contributed by atoms with van der Waals surface area (Å²) in [6, 6.07) is 8.39. The first-order valence-electron chi connectivity index (χ1n) is 7.45. The second-order valence-electron chi connectivity index (χ2n) is 5.80. The summed E-state index contributed by atoms with van der Waals surface area (Å²) >= 11 is 0. The first kappa shape index (κ1) is 17.2. The number of rotatable bonds is 9. The van der Waals surface area contributed by atoms with E-state index in [-0.39, 0.29) is 18.3 Å². The zero-order chi connectivity index (χ0) is 15.0. The van der Waals surface area contributed by atoms with Gasteiger partial charge in [-0.15, -0.1) is 0 Å². The molecule has 0 bridgehead atoms. The van der Waals surface area contributed by atoms with Gasteiger partial charge in [0.25, 0.3) is 0 Å². The van der Waals surface area contributed by atoms with Crippen LogP contribution in [0.2, 0.25) is 0 Å². The first-order chi connectivity index (χ1) is 9.52. The van der Waals surface area contributed by atoms with E-state index in [9.17, 15) is 0 Å². The Hall–Kier alpha value is -0.900. The zero-order valence-electron chi connectivity index (χ0n) is 13.2. The maximum Gasteiger partial charge on any atom is 0.183 e. The smallest absolute Gasteiger partial charge is 0.183 e. The highest BCUT2D eigenvalue weighted by Crippen LogP contribution is 2.27. The molecule has 0 heterocycles. The van der Waals surface area contributed by atoms with Crippen molar-refractivity contribution < 1.29 is 14.6 Å². The fourth-order valence-corrected chi connectivity index (χ4v) is 2.28. The molecular weight excluding hydrogens is 252 g/mol. The summed E-state index contributed by atoms with van der Waals surface area (Å²) in [5.74, 6) is 0. The summed E-state index contributed by atoms with van der Waals surface area (Å²) in [7, 11) is 0. The molecule has 0 aliphatic rings. The molecule has 1 N–H and O–H groups in total. The van der Waals surface area contributed by atoms with Gasteiger partial charge in [0.05, 0.1) is 0 Å². The van der Waals surface area contributed by atoms with E-state index < -0.39 is 0 Å². The summed E-state index contributed by atoms with van der Waals surface area (Å²) in [4.78, 5) is 0. The van der Waals surface area contributed by atoms with Crippen LogP contribution in [0.4, 0.5) is 0 Å². The molecule has 0 saturated carbocycles. The van der Waals surface area contributed by atoms with Crippen molar-refractivity contribution in [2.45, 2.75) is 46.8 Å². The Labute approximate surface area is 122 Å². The van der Waals surface area contributed by atoms with Crippen LogP contribution in [0.5, 0.6) is 0 Å². The van der Waals surface area contributed by atoms with Gasteiger partial charge in [0.1, 0.15) is 0 Å². The third-order valence-electron chi connectivity index (χ3n) is 3.36. The van der Waals surface area contributed by atoms with E-state index in [1.807, 2.05) is 13.8 Å². The average Bonchev–Trinajstić information content (AvgIpc) is 2.39. The van der Waals surface area contributed by atoms with Gasteiger partial charge in [-0.05, 0) is 37.7 Å². The van der Waals surface area contributed by atoms with E-state index in [2.05, 4.69) is 38.1 Å². The topological polar surface area (TPSA) is 38.7 Å². The number of benzene rings is 1. The third kappa shape index (κ3) is 5.61. The Bertz CT molecular complexity index is 364. The van der Waals surface area contributed by atoms with Crippen LogP contribution in [-0.4, -0.2) is 24.9 Å². The van der Waals surface area contributed by atoms with Gasteiger partial charge in [-0.2, -0.15) is 0 Å². The minimum absolute atomic E-state index is 0.121. The highest BCUT2D eigenvalue weighted by Gasteiger charge is 2.18. The Balaban J connectivity index is 2.72. The van der Waals surface area contributed by atoms with Gasteiger partial charge in [0, 0.05) is 25.4 Å². The minimum Gasteiger partial charge on any atom is -0.396 e. The van der Waals surface area contributed by atoms with Crippen LogP contribution >= 0.6 is 0 Å². The summed E-state index contributed by atoms with van der Waals surface area (Å²) in [5, 5.41) is 9.08. The predicted octanol–water partition coefficient (Wildman–Crippen LogP) is 3.71. The van der Waals surface area contributed by atoms with E-state index in [0.717, 1.165) is 18.4 Å². The van der Waals surface area contributed by atoms with Crippen molar-refractivity contribution in [2.24, 2.45) is 5.41 Å². The fourth-order valence-electron chi connectivity index (χ4n) is 2.28. The lowest BCUT2D eigenvalue weighted by Gasteiger charge is -2.24. The molecule has 0 fully saturated rings. The van der Waals surface area contributed by atoms with Gasteiger partial charge >= 0.3 is 0 Å². The van der Waals surface area contributed by atoms with E-state index in [0.29, 0.717) is 13.2 Å². The van der Waals surface area contributed by atoms with E-state index in [1.165, 1.54) is 5.56 Å². The molecule has 0 spiro atoms. The van der Waals surface area contributed by atoms with Gasteiger partial charge in [-0.1, -0.05) is 38.1 Å². The molecule has 20 heavy (non-hydrogen) atoms. The van der Waals surface area contributed by atoms with Gasteiger partial charge in [-0.3, -0.25) is 0 Å². The molecule has 0 unspecified atom stereocenters. The lowest BCUT2D eigenvalue weighted by atomic mass is 9.83. The van der Waals surface area contributed by atoms with Crippen molar-refractivity contribution in [1.29, 1.82) is 0 Å². The Morgan fingerprint density at radius 3 is 2.05 bits per heavy atom. The molecule has 114 valence electrons. The first-order valence-corrected chi connectivity index (χ1v) is 7.45. The van der Waals surface area contributed by atoms with Gasteiger partial charge in [-0.25, -0.2) is 0 Å². The van der Waals surface area contributed by atoms with Crippen LogP contribution in [0.3, 0.4) is 0 Å². The number of aliphatic hydroxyl groups excluding tert-OH is 1. The average molecular weight is 280 g/mol. The molecular formula is C17H28O3. The maximum atomic E-state index is 9.08. The normalized spacial score (nSPS) is 12.1. The Kier molecular flexibility index (Phi) is 7.20. The predicted molar refractivity (Wildman–Crippen MR) is 81.6 cm³/mol.